The third-order valence-electron chi connectivity index (χ3n) is 2.94. The molecule has 1 rings (SSSR count). The summed E-state index contributed by atoms with van der Waals surface area (Å²) in [7, 11) is 7.24. The van der Waals surface area contributed by atoms with E-state index in [4.69, 9.17) is 0 Å². The fourth-order valence-electron chi connectivity index (χ4n) is 1.85. The Bertz CT molecular complexity index is 515. The summed E-state index contributed by atoms with van der Waals surface area (Å²) in [6.07, 6.45) is 0.857. The first-order valence-electron chi connectivity index (χ1n) is 6.71. The summed E-state index contributed by atoms with van der Waals surface area (Å²) in [5, 5.41) is 14.1. The minimum Gasteiger partial charge on any atom is -0.379 e. The van der Waals surface area contributed by atoms with Gasteiger partial charge in [-0.2, -0.15) is 0 Å². The van der Waals surface area contributed by atoms with E-state index in [1.165, 1.54) is 23.1 Å². The van der Waals surface area contributed by atoms with Crippen LogP contribution in [0.25, 0.3) is 0 Å². The number of nitro benzene ring substituents is 1. The van der Waals surface area contributed by atoms with Crippen molar-refractivity contribution in [1.29, 1.82) is 0 Å². The molecule has 21 heavy (non-hydrogen) atoms. The van der Waals surface area contributed by atoms with E-state index in [0.29, 0.717) is 17.8 Å². The number of hydrogen-bond acceptors (Lipinski definition) is 5. The maximum atomic E-state index is 11.9. The molecule has 0 atom stereocenters. The number of anilines is 1. The zero-order chi connectivity index (χ0) is 16.0. The predicted molar refractivity (Wildman–Crippen MR) is 82.8 cm³/mol. The minimum atomic E-state index is -0.446. The summed E-state index contributed by atoms with van der Waals surface area (Å²) in [6, 6.07) is 4.38. The van der Waals surface area contributed by atoms with E-state index in [0.717, 1.165) is 13.0 Å². The lowest BCUT2D eigenvalue weighted by molar-refractivity contribution is -0.384. The Kier molecular flexibility index (Phi) is 6.10. The molecule has 0 radical (unpaired) electrons. The van der Waals surface area contributed by atoms with Crippen molar-refractivity contribution in [3.05, 3.63) is 33.9 Å². The molecule has 0 bridgehead atoms. The molecule has 0 saturated heterocycles. The number of hydrogen-bond donors (Lipinski definition) is 1. The lowest BCUT2D eigenvalue weighted by atomic mass is 10.1. The number of nitrogens with zero attached hydrogens (tertiary/aromatic N) is 3. The molecular weight excluding hydrogens is 272 g/mol. The normalized spacial score (nSPS) is 10.5. The van der Waals surface area contributed by atoms with Gasteiger partial charge in [0, 0.05) is 32.3 Å². The predicted octanol–water partition coefficient (Wildman–Crippen LogP) is 1.66. The van der Waals surface area contributed by atoms with Crippen LogP contribution in [0.2, 0.25) is 0 Å². The van der Waals surface area contributed by atoms with Gasteiger partial charge in [-0.15, -0.1) is 0 Å². The van der Waals surface area contributed by atoms with Crippen molar-refractivity contribution in [3.63, 3.8) is 0 Å². The molecule has 0 aliphatic rings. The lowest BCUT2D eigenvalue weighted by Crippen LogP contribution is -2.22. The maximum Gasteiger partial charge on any atom is 0.292 e. The first-order chi connectivity index (χ1) is 9.82. The van der Waals surface area contributed by atoms with Crippen molar-refractivity contribution >= 4 is 17.3 Å². The number of carbonyl (C=O) groups is 1. The second kappa shape index (κ2) is 7.58. The van der Waals surface area contributed by atoms with Crippen molar-refractivity contribution in [2.24, 2.45) is 0 Å². The highest BCUT2D eigenvalue weighted by Gasteiger charge is 2.17. The van der Waals surface area contributed by atoms with Crippen LogP contribution < -0.4 is 5.32 Å². The summed E-state index contributed by atoms with van der Waals surface area (Å²) >= 11 is 0. The largest absolute Gasteiger partial charge is 0.379 e. The summed E-state index contributed by atoms with van der Waals surface area (Å²) in [5.74, 6) is -0.179. The monoisotopic (exact) mass is 294 g/mol. The summed E-state index contributed by atoms with van der Waals surface area (Å²) in [4.78, 5) is 26.0. The SMILES string of the molecule is CN(C)CCCNc1cc(C(=O)N(C)C)ccc1[N+](=O)[O-]. The summed E-state index contributed by atoms with van der Waals surface area (Å²) < 4.78 is 0. The van der Waals surface area contributed by atoms with Crippen molar-refractivity contribution < 1.29 is 9.72 Å². The van der Waals surface area contributed by atoms with Gasteiger partial charge in [-0.05, 0) is 39.2 Å². The second-order valence-electron chi connectivity index (χ2n) is 5.27. The number of rotatable bonds is 7. The Labute approximate surface area is 124 Å². The molecule has 1 aromatic rings. The fraction of sp³-hybridized carbons (Fsp3) is 0.500. The minimum absolute atomic E-state index is 0.0184. The molecule has 0 aliphatic heterocycles. The first-order valence-corrected chi connectivity index (χ1v) is 6.71. The zero-order valence-electron chi connectivity index (χ0n) is 12.9. The molecule has 1 N–H and O–H groups in total. The van der Waals surface area contributed by atoms with Crippen LogP contribution in [0.4, 0.5) is 11.4 Å². The van der Waals surface area contributed by atoms with Gasteiger partial charge in [-0.3, -0.25) is 14.9 Å². The molecule has 0 heterocycles. The number of amides is 1. The Morgan fingerprint density at radius 2 is 1.95 bits per heavy atom. The van der Waals surface area contributed by atoms with Crippen molar-refractivity contribution in [2.75, 3.05) is 46.6 Å². The Morgan fingerprint density at radius 1 is 1.29 bits per heavy atom. The van der Waals surface area contributed by atoms with Gasteiger partial charge >= 0.3 is 0 Å². The molecule has 1 amide bonds. The van der Waals surface area contributed by atoms with Gasteiger partial charge < -0.3 is 15.1 Å². The highest BCUT2D eigenvalue weighted by Crippen LogP contribution is 2.25. The van der Waals surface area contributed by atoms with E-state index in [9.17, 15) is 14.9 Å². The van der Waals surface area contributed by atoms with Gasteiger partial charge in [-0.1, -0.05) is 0 Å². The van der Waals surface area contributed by atoms with E-state index in [2.05, 4.69) is 5.32 Å². The Balaban J connectivity index is 2.89. The third-order valence-corrected chi connectivity index (χ3v) is 2.94. The van der Waals surface area contributed by atoms with Crippen LogP contribution >= 0.6 is 0 Å². The highest BCUT2D eigenvalue weighted by atomic mass is 16.6. The standard InChI is InChI=1S/C14H22N4O3/c1-16(2)9-5-8-15-12-10-11(14(19)17(3)4)6-7-13(12)18(20)21/h6-7,10,15H,5,8-9H2,1-4H3. The number of nitro groups is 1. The van der Waals surface area contributed by atoms with Gasteiger partial charge in [0.05, 0.1) is 4.92 Å². The molecule has 0 aliphatic carbocycles. The van der Waals surface area contributed by atoms with Crippen LogP contribution in [0.3, 0.4) is 0 Å². The highest BCUT2D eigenvalue weighted by molar-refractivity contribution is 5.95. The molecule has 0 aromatic heterocycles. The maximum absolute atomic E-state index is 11.9. The Morgan fingerprint density at radius 3 is 2.48 bits per heavy atom. The number of nitrogens with one attached hydrogen (secondary N) is 1. The van der Waals surface area contributed by atoms with Crippen LogP contribution in [0.15, 0.2) is 18.2 Å². The van der Waals surface area contributed by atoms with E-state index in [-0.39, 0.29) is 11.6 Å². The van der Waals surface area contributed by atoms with Gasteiger partial charge in [0.15, 0.2) is 0 Å². The molecule has 7 heteroatoms. The number of carbonyl (C=O) groups excluding carboxylic acids is 1. The molecule has 0 fully saturated rings. The third kappa shape index (κ3) is 5.03. The molecule has 0 unspecified atom stereocenters. The molecule has 1 aromatic carbocycles. The second-order valence-corrected chi connectivity index (χ2v) is 5.27. The van der Waals surface area contributed by atoms with Gasteiger partial charge in [0.1, 0.15) is 5.69 Å². The van der Waals surface area contributed by atoms with E-state index in [1.807, 2.05) is 19.0 Å². The summed E-state index contributed by atoms with van der Waals surface area (Å²) in [5.41, 5.74) is 0.794. The quantitative estimate of drug-likeness (QED) is 0.470. The number of benzene rings is 1. The average molecular weight is 294 g/mol. The molecular formula is C14H22N4O3. The van der Waals surface area contributed by atoms with E-state index in [1.54, 1.807) is 14.1 Å². The van der Waals surface area contributed by atoms with Gasteiger partial charge in [-0.25, -0.2) is 0 Å². The van der Waals surface area contributed by atoms with Crippen LogP contribution in [0, 0.1) is 10.1 Å². The van der Waals surface area contributed by atoms with Crippen molar-refractivity contribution in [2.45, 2.75) is 6.42 Å². The van der Waals surface area contributed by atoms with Crippen LogP contribution in [0.1, 0.15) is 16.8 Å². The Hall–Kier alpha value is -2.15. The molecule has 0 spiro atoms. The van der Waals surface area contributed by atoms with Crippen molar-refractivity contribution in [3.8, 4) is 0 Å². The van der Waals surface area contributed by atoms with E-state index < -0.39 is 4.92 Å². The van der Waals surface area contributed by atoms with Gasteiger partial charge in [0.2, 0.25) is 0 Å². The smallest absolute Gasteiger partial charge is 0.292 e. The zero-order valence-corrected chi connectivity index (χ0v) is 12.9. The average Bonchev–Trinajstić information content (AvgIpc) is 2.42. The topological polar surface area (TPSA) is 78.7 Å². The van der Waals surface area contributed by atoms with E-state index >= 15 is 0 Å². The summed E-state index contributed by atoms with van der Waals surface area (Å²) in [6.45, 7) is 1.50. The molecule has 7 nitrogen and oxygen atoms in total. The van der Waals surface area contributed by atoms with Crippen LogP contribution in [-0.2, 0) is 0 Å². The van der Waals surface area contributed by atoms with Crippen molar-refractivity contribution in [1.82, 2.24) is 9.80 Å². The molecule has 0 saturated carbocycles. The fourth-order valence-corrected chi connectivity index (χ4v) is 1.85. The van der Waals surface area contributed by atoms with Crippen LogP contribution in [0.5, 0.6) is 0 Å². The lowest BCUT2D eigenvalue weighted by Gasteiger charge is -2.13. The van der Waals surface area contributed by atoms with Gasteiger partial charge in [0.25, 0.3) is 11.6 Å². The molecule has 116 valence electrons. The van der Waals surface area contributed by atoms with Crippen LogP contribution in [-0.4, -0.2) is 61.9 Å². The first kappa shape index (κ1) is 16.9.